The number of benzene rings is 1. The lowest BCUT2D eigenvalue weighted by molar-refractivity contribution is 0.0466. The molecular formula is C23H30N6O6S. The monoisotopic (exact) mass is 518 g/mol. The fourth-order valence-electron chi connectivity index (χ4n) is 3.82. The summed E-state index contributed by atoms with van der Waals surface area (Å²) in [6.07, 6.45) is 3.03. The molecule has 4 rings (SSSR count). The van der Waals surface area contributed by atoms with Crippen LogP contribution >= 0.6 is 0 Å². The third-order valence-electron chi connectivity index (χ3n) is 5.84. The van der Waals surface area contributed by atoms with Gasteiger partial charge in [0.1, 0.15) is 29.5 Å². The molecule has 3 aromatic rings. The molecule has 3 heterocycles. The van der Waals surface area contributed by atoms with Crippen molar-refractivity contribution < 1.29 is 27.7 Å². The van der Waals surface area contributed by atoms with Gasteiger partial charge in [0.05, 0.1) is 25.3 Å². The van der Waals surface area contributed by atoms with E-state index in [1.165, 1.54) is 18.6 Å². The average Bonchev–Trinajstić information content (AvgIpc) is 3.20. The van der Waals surface area contributed by atoms with Gasteiger partial charge < -0.3 is 19.3 Å². The van der Waals surface area contributed by atoms with Crippen molar-refractivity contribution in [1.82, 2.24) is 24.7 Å². The van der Waals surface area contributed by atoms with Gasteiger partial charge in [-0.3, -0.25) is 9.29 Å². The van der Waals surface area contributed by atoms with Gasteiger partial charge in [-0.25, -0.2) is 18.4 Å². The van der Waals surface area contributed by atoms with E-state index in [1.807, 2.05) is 13.8 Å². The number of aryl methyl sites for hydroxylation is 1. The Bertz CT molecular complexity index is 1300. The van der Waals surface area contributed by atoms with Crippen LogP contribution in [0.5, 0.6) is 11.5 Å². The topological polar surface area (TPSA) is 151 Å². The second-order valence-electron chi connectivity index (χ2n) is 8.49. The SMILES string of the molecule is CCCO[C@@H](c1ncc(C)cn1)[C@H](C)S(=O)(=O)Nc1nnc2n1[C@@H](CO)COc1ccc(OC)cc1-2. The van der Waals surface area contributed by atoms with Crippen molar-refractivity contribution in [2.75, 3.05) is 31.7 Å². The first-order chi connectivity index (χ1) is 17.3. The highest BCUT2D eigenvalue weighted by Gasteiger charge is 2.36. The molecule has 2 N–H and O–H groups in total. The van der Waals surface area contributed by atoms with Crippen LogP contribution in [0, 0.1) is 6.92 Å². The van der Waals surface area contributed by atoms with Crippen LogP contribution in [0.15, 0.2) is 30.6 Å². The Labute approximate surface area is 209 Å². The second-order valence-corrected chi connectivity index (χ2v) is 10.5. The van der Waals surface area contributed by atoms with Gasteiger partial charge >= 0.3 is 0 Å². The Hall–Kier alpha value is -3.29. The molecule has 0 radical (unpaired) electrons. The van der Waals surface area contributed by atoms with Crippen LogP contribution in [0.25, 0.3) is 11.4 Å². The summed E-state index contributed by atoms with van der Waals surface area (Å²) < 4.78 is 48.1. The first-order valence-corrected chi connectivity index (χ1v) is 13.1. The molecule has 3 atom stereocenters. The van der Waals surface area contributed by atoms with Crippen molar-refractivity contribution in [2.24, 2.45) is 0 Å². The van der Waals surface area contributed by atoms with Crippen molar-refractivity contribution in [2.45, 2.75) is 44.6 Å². The molecule has 0 spiro atoms. The first-order valence-electron chi connectivity index (χ1n) is 11.6. The Morgan fingerprint density at radius 3 is 2.69 bits per heavy atom. The van der Waals surface area contributed by atoms with Crippen LogP contribution in [0.1, 0.15) is 43.8 Å². The van der Waals surface area contributed by atoms with E-state index < -0.39 is 27.4 Å². The molecule has 12 nitrogen and oxygen atoms in total. The molecule has 1 aromatic carbocycles. The smallest absolute Gasteiger partial charge is 0.240 e. The number of aliphatic hydroxyl groups is 1. The molecule has 1 aliphatic heterocycles. The maximum absolute atomic E-state index is 13.5. The highest BCUT2D eigenvalue weighted by molar-refractivity contribution is 7.93. The molecule has 194 valence electrons. The van der Waals surface area contributed by atoms with Crippen LogP contribution < -0.4 is 14.2 Å². The summed E-state index contributed by atoms with van der Waals surface area (Å²) in [7, 11) is -2.53. The van der Waals surface area contributed by atoms with Crippen molar-refractivity contribution in [3.63, 3.8) is 0 Å². The summed E-state index contributed by atoms with van der Waals surface area (Å²) in [4.78, 5) is 8.58. The minimum atomic E-state index is -4.06. The summed E-state index contributed by atoms with van der Waals surface area (Å²) in [5.74, 6) is 1.65. The van der Waals surface area contributed by atoms with Crippen molar-refractivity contribution >= 4 is 16.0 Å². The van der Waals surface area contributed by atoms with Crippen molar-refractivity contribution in [1.29, 1.82) is 0 Å². The van der Waals surface area contributed by atoms with Gasteiger partial charge in [0.2, 0.25) is 16.0 Å². The Balaban J connectivity index is 1.70. The summed E-state index contributed by atoms with van der Waals surface area (Å²) in [5, 5.41) is 17.3. The molecule has 0 amide bonds. The average molecular weight is 519 g/mol. The van der Waals surface area contributed by atoms with E-state index in [0.717, 1.165) is 5.56 Å². The number of nitrogens with one attached hydrogen (secondary N) is 1. The van der Waals surface area contributed by atoms with E-state index in [4.69, 9.17) is 14.2 Å². The summed E-state index contributed by atoms with van der Waals surface area (Å²) >= 11 is 0. The summed E-state index contributed by atoms with van der Waals surface area (Å²) in [6, 6.07) is 4.57. The molecule has 0 bridgehead atoms. The summed E-state index contributed by atoms with van der Waals surface area (Å²) in [6.45, 7) is 5.41. The fraction of sp³-hybridized carbons (Fsp3) is 0.478. The minimum absolute atomic E-state index is 0.0470. The van der Waals surface area contributed by atoms with Gasteiger partial charge in [0, 0.05) is 19.0 Å². The van der Waals surface area contributed by atoms with Crippen LogP contribution in [-0.4, -0.2) is 70.4 Å². The van der Waals surface area contributed by atoms with Crippen LogP contribution in [0.4, 0.5) is 5.95 Å². The number of hydrogen-bond acceptors (Lipinski definition) is 10. The zero-order valence-electron chi connectivity index (χ0n) is 20.6. The number of fused-ring (bicyclic) bond motifs is 3. The van der Waals surface area contributed by atoms with E-state index >= 15 is 0 Å². The number of nitrogens with zero attached hydrogens (tertiary/aromatic N) is 5. The number of aromatic nitrogens is 5. The number of hydrogen-bond donors (Lipinski definition) is 2. The van der Waals surface area contributed by atoms with E-state index in [1.54, 1.807) is 30.6 Å². The Morgan fingerprint density at radius 1 is 1.28 bits per heavy atom. The van der Waals surface area contributed by atoms with Gasteiger partial charge in [-0.1, -0.05) is 6.92 Å². The molecule has 36 heavy (non-hydrogen) atoms. The van der Waals surface area contributed by atoms with E-state index in [9.17, 15) is 13.5 Å². The highest BCUT2D eigenvalue weighted by Crippen LogP contribution is 2.38. The molecule has 0 saturated heterocycles. The zero-order valence-corrected chi connectivity index (χ0v) is 21.4. The number of anilines is 1. The zero-order chi connectivity index (χ0) is 25.9. The molecule has 0 saturated carbocycles. The highest BCUT2D eigenvalue weighted by atomic mass is 32.2. The molecule has 1 aliphatic rings. The Morgan fingerprint density at radius 2 is 2.03 bits per heavy atom. The standard InChI is InChI=1S/C23H30N6O6S/c1-5-8-34-20(21-24-10-14(2)11-25-21)15(3)36(31,32)28-23-27-26-22-18-9-17(33-4)6-7-19(18)35-13-16(12-30)29(22)23/h6-7,9-11,15-16,20,30H,5,8,12-13H2,1-4H3,(H,27,28)/t15-,16-,20+/m0/s1. The quantitative estimate of drug-likeness (QED) is 0.409. The van der Waals surface area contributed by atoms with Gasteiger partial charge in [0.25, 0.3) is 0 Å². The lowest BCUT2D eigenvalue weighted by atomic mass is 10.1. The molecular weight excluding hydrogens is 488 g/mol. The van der Waals surface area contributed by atoms with Crippen LogP contribution in [0.3, 0.4) is 0 Å². The van der Waals surface area contributed by atoms with Crippen LogP contribution in [-0.2, 0) is 14.8 Å². The number of ether oxygens (including phenoxy) is 3. The van der Waals surface area contributed by atoms with E-state index in [2.05, 4.69) is 24.9 Å². The lowest BCUT2D eigenvalue weighted by Gasteiger charge is -2.24. The third kappa shape index (κ3) is 5.13. The minimum Gasteiger partial charge on any atom is -0.497 e. The Kier molecular flexibility index (Phi) is 7.71. The fourth-order valence-corrected chi connectivity index (χ4v) is 4.92. The predicted octanol–water partition coefficient (Wildman–Crippen LogP) is 2.28. The number of rotatable bonds is 10. The van der Waals surface area contributed by atoms with E-state index in [-0.39, 0.29) is 25.0 Å². The van der Waals surface area contributed by atoms with Crippen LogP contribution in [0.2, 0.25) is 0 Å². The normalized spacial score (nSPS) is 16.8. The van der Waals surface area contributed by atoms with E-state index in [0.29, 0.717) is 35.9 Å². The number of methoxy groups -OCH3 is 1. The van der Waals surface area contributed by atoms with Gasteiger partial charge in [-0.15, -0.1) is 10.2 Å². The molecule has 0 aliphatic carbocycles. The number of sulfonamides is 1. The molecule has 0 fully saturated rings. The van der Waals surface area contributed by atoms with Gasteiger partial charge in [0.15, 0.2) is 11.6 Å². The van der Waals surface area contributed by atoms with Crippen molar-refractivity contribution in [3.8, 4) is 22.9 Å². The summed E-state index contributed by atoms with van der Waals surface area (Å²) in [5.41, 5.74) is 1.41. The third-order valence-corrected chi connectivity index (χ3v) is 7.53. The number of aliphatic hydroxyl groups excluding tert-OH is 1. The maximum Gasteiger partial charge on any atom is 0.240 e. The first kappa shape index (κ1) is 25.8. The second kappa shape index (κ2) is 10.8. The molecule has 2 aromatic heterocycles. The maximum atomic E-state index is 13.5. The van der Waals surface area contributed by atoms with Gasteiger partial charge in [-0.05, 0) is 44.0 Å². The molecule has 13 heteroatoms. The van der Waals surface area contributed by atoms with Crippen molar-refractivity contribution in [3.05, 3.63) is 42.0 Å². The largest absolute Gasteiger partial charge is 0.497 e. The predicted molar refractivity (Wildman–Crippen MR) is 131 cm³/mol. The molecule has 0 unspecified atom stereocenters. The van der Waals surface area contributed by atoms with Gasteiger partial charge in [-0.2, -0.15) is 0 Å². The lowest BCUT2D eigenvalue weighted by Crippen LogP contribution is -2.34.